The molecule has 0 aliphatic carbocycles. The number of likely N-dealkylation sites (tertiary alicyclic amines) is 1. The van der Waals surface area contributed by atoms with Crippen molar-refractivity contribution in [2.75, 3.05) is 20.2 Å². The first kappa shape index (κ1) is 19.6. The second kappa shape index (κ2) is 7.72. The van der Waals surface area contributed by atoms with E-state index in [0.717, 1.165) is 23.4 Å². The third-order valence-electron chi connectivity index (χ3n) is 6.53. The number of nitrogens with zero attached hydrogens (tertiary/aromatic N) is 4. The predicted molar refractivity (Wildman–Crippen MR) is 117 cm³/mol. The fraction of sp³-hybridized carbons (Fsp3) is 0.375. The second-order valence-electron chi connectivity index (χ2n) is 8.57. The van der Waals surface area contributed by atoms with Gasteiger partial charge in [-0.25, -0.2) is 4.98 Å². The number of aromatic nitrogens is 3. The molecule has 1 amide bonds. The van der Waals surface area contributed by atoms with Gasteiger partial charge in [0.1, 0.15) is 11.6 Å². The van der Waals surface area contributed by atoms with Crippen molar-refractivity contribution < 1.29 is 9.53 Å². The molecule has 2 bridgehead atoms. The summed E-state index contributed by atoms with van der Waals surface area (Å²) < 4.78 is 8.97. The minimum Gasteiger partial charge on any atom is -0.497 e. The fourth-order valence-electron chi connectivity index (χ4n) is 4.97. The summed E-state index contributed by atoms with van der Waals surface area (Å²) in [5.74, 6) is 2.10. The first-order valence-corrected chi connectivity index (χ1v) is 10.7. The molecule has 4 heterocycles. The van der Waals surface area contributed by atoms with E-state index in [9.17, 15) is 9.59 Å². The molecule has 160 valence electrons. The maximum atomic E-state index is 13.2. The molecule has 3 aromatic rings. The van der Waals surface area contributed by atoms with E-state index < -0.39 is 0 Å². The van der Waals surface area contributed by atoms with Gasteiger partial charge in [0.25, 0.3) is 5.56 Å². The smallest absolute Gasteiger partial charge is 0.261 e. The zero-order chi connectivity index (χ0) is 21.5. The molecule has 31 heavy (non-hydrogen) atoms. The van der Waals surface area contributed by atoms with E-state index in [-0.39, 0.29) is 17.4 Å². The van der Waals surface area contributed by atoms with Crippen LogP contribution in [0.25, 0.3) is 11.4 Å². The van der Waals surface area contributed by atoms with Crippen molar-refractivity contribution in [1.29, 1.82) is 0 Å². The summed E-state index contributed by atoms with van der Waals surface area (Å²) in [5, 5.41) is 0. The van der Waals surface area contributed by atoms with Crippen molar-refractivity contribution in [2.45, 2.75) is 25.3 Å². The molecule has 0 unspecified atom stereocenters. The van der Waals surface area contributed by atoms with E-state index in [4.69, 9.17) is 4.74 Å². The van der Waals surface area contributed by atoms with E-state index >= 15 is 0 Å². The highest BCUT2D eigenvalue weighted by Crippen LogP contribution is 2.36. The highest BCUT2D eigenvalue weighted by molar-refractivity contribution is 5.79. The van der Waals surface area contributed by atoms with Crippen molar-refractivity contribution in [3.63, 3.8) is 0 Å². The monoisotopic (exact) mass is 418 g/mol. The summed E-state index contributed by atoms with van der Waals surface area (Å²) in [6, 6.07) is 11.6. The lowest BCUT2D eigenvalue weighted by Crippen LogP contribution is -2.49. The van der Waals surface area contributed by atoms with Gasteiger partial charge in [0, 0.05) is 50.7 Å². The number of hydrogen-bond acceptors (Lipinski definition) is 4. The highest BCUT2D eigenvalue weighted by atomic mass is 16.5. The normalized spacial score (nSPS) is 19.7. The largest absolute Gasteiger partial charge is 0.497 e. The number of carbonyl (C=O) groups is 1. The number of amides is 1. The summed E-state index contributed by atoms with van der Waals surface area (Å²) >= 11 is 0. The summed E-state index contributed by atoms with van der Waals surface area (Å²) in [6.07, 6.45) is 4.96. The van der Waals surface area contributed by atoms with Crippen molar-refractivity contribution >= 4 is 5.91 Å². The molecule has 1 aromatic carbocycles. The number of pyridine rings is 1. The molecule has 5 rings (SSSR count). The van der Waals surface area contributed by atoms with Crippen LogP contribution in [-0.4, -0.2) is 45.1 Å². The molecule has 2 aliphatic heterocycles. The Morgan fingerprint density at radius 2 is 1.94 bits per heavy atom. The van der Waals surface area contributed by atoms with Crippen LogP contribution in [-0.2, 0) is 24.8 Å². The van der Waals surface area contributed by atoms with Gasteiger partial charge in [0.15, 0.2) is 0 Å². The van der Waals surface area contributed by atoms with Crippen LogP contribution in [0.3, 0.4) is 0 Å². The van der Waals surface area contributed by atoms with Crippen LogP contribution in [0, 0.1) is 5.92 Å². The zero-order valence-corrected chi connectivity index (χ0v) is 17.8. The van der Waals surface area contributed by atoms with Gasteiger partial charge in [-0.15, -0.1) is 0 Å². The Balaban J connectivity index is 1.37. The van der Waals surface area contributed by atoms with E-state index in [2.05, 4.69) is 4.98 Å². The van der Waals surface area contributed by atoms with Crippen LogP contribution >= 0.6 is 0 Å². The Morgan fingerprint density at radius 3 is 2.65 bits per heavy atom. The summed E-state index contributed by atoms with van der Waals surface area (Å²) in [6.45, 7) is 2.01. The van der Waals surface area contributed by atoms with Crippen LogP contribution in [0.2, 0.25) is 0 Å². The molecule has 7 nitrogen and oxygen atoms in total. The lowest BCUT2D eigenvalue weighted by Gasteiger charge is -2.43. The van der Waals surface area contributed by atoms with Crippen molar-refractivity contribution in [3.8, 4) is 17.1 Å². The topological polar surface area (TPSA) is 69.4 Å². The first-order chi connectivity index (χ1) is 15.0. The molecule has 0 spiro atoms. The molecule has 1 saturated heterocycles. The second-order valence-corrected chi connectivity index (χ2v) is 8.57. The summed E-state index contributed by atoms with van der Waals surface area (Å²) in [7, 11) is 3.53. The molecule has 1 fully saturated rings. The van der Waals surface area contributed by atoms with Gasteiger partial charge in [0.2, 0.25) is 5.91 Å². The van der Waals surface area contributed by atoms with Crippen LogP contribution in [0.4, 0.5) is 0 Å². The molecule has 0 N–H and O–H groups in total. The number of rotatable bonds is 4. The molecule has 0 radical (unpaired) electrons. The number of methoxy groups -OCH3 is 1. The third-order valence-corrected chi connectivity index (χ3v) is 6.53. The quantitative estimate of drug-likeness (QED) is 0.653. The number of aryl methyl sites for hydroxylation is 1. The van der Waals surface area contributed by atoms with Gasteiger partial charge in [-0.3, -0.25) is 9.59 Å². The van der Waals surface area contributed by atoms with Crippen molar-refractivity contribution in [3.05, 3.63) is 70.4 Å². The Kier molecular flexibility index (Phi) is 4.88. The number of fused-ring (bicyclic) bond motifs is 4. The van der Waals surface area contributed by atoms with Gasteiger partial charge >= 0.3 is 0 Å². The molecular weight excluding hydrogens is 392 g/mol. The average molecular weight is 418 g/mol. The fourth-order valence-corrected chi connectivity index (χ4v) is 4.97. The summed E-state index contributed by atoms with van der Waals surface area (Å²) in [4.78, 5) is 32.5. The Bertz CT molecular complexity index is 1180. The van der Waals surface area contributed by atoms with Gasteiger partial charge < -0.3 is 18.8 Å². The predicted octanol–water partition coefficient (Wildman–Crippen LogP) is 2.45. The zero-order valence-electron chi connectivity index (χ0n) is 17.8. The molecule has 2 aliphatic rings. The first-order valence-electron chi connectivity index (χ1n) is 10.7. The van der Waals surface area contributed by atoms with Crippen LogP contribution < -0.4 is 10.3 Å². The number of benzene rings is 1. The highest BCUT2D eigenvalue weighted by Gasteiger charge is 2.36. The van der Waals surface area contributed by atoms with Gasteiger partial charge in [-0.05, 0) is 42.2 Å². The maximum absolute atomic E-state index is 13.2. The van der Waals surface area contributed by atoms with Gasteiger partial charge in [-0.2, -0.15) is 0 Å². The molecule has 2 aromatic heterocycles. The minimum atomic E-state index is 0.0134. The maximum Gasteiger partial charge on any atom is 0.261 e. The molecule has 0 saturated carbocycles. The van der Waals surface area contributed by atoms with E-state index in [1.54, 1.807) is 13.3 Å². The lowest BCUT2D eigenvalue weighted by molar-refractivity contribution is -0.133. The third kappa shape index (κ3) is 3.54. The van der Waals surface area contributed by atoms with Crippen LogP contribution in [0.15, 0.2) is 53.6 Å². The SMILES string of the molecule is COc1ccc(CC(=O)N2C[C@@H]3C[C@H](C2)c2ccc(-c4nccn4C)c(=O)n2C3)cc1. The number of imidazole rings is 1. The average Bonchev–Trinajstić information content (AvgIpc) is 3.20. The van der Waals surface area contributed by atoms with Gasteiger partial charge in [0.05, 0.1) is 19.1 Å². The molecule has 7 heteroatoms. The van der Waals surface area contributed by atoms with E-state index in [1.807, 2.05) is 63.7 Å². The van der Waals surface area contributed by atoms with Crippen LogP contribution in [0.1, 0.15) is 23.6 Å². The molecule has 2 atom stereocenters. The van der Waals surface area contributed by atoms with E-state index in [0.29, 0.717) is 43.4 Å². The Morgan fingerprint density at radius 1 is 1.13 bits per heavy atom. The van der Waals surface area contributed by atoms with E-state index in [1.165, 1.54) is 0 Å². The minimum absolute atomic E-state index is 0.0134. The Labute approximate surface area is 180 Å². The number of piperidine rings is 1. The lowest BCUT2D eigenvalue weighted by atomic mass is 9.82. The Hall–Kier alpha value is -3.35. The number of hydrogen-bond donors (Lipinski definition) is 0. The summed E-state index contributed by atoms with van der Waals surface area (Å²) in [5.41, 5.74) is 2.65. The van der Waals surface area contributed by atoms with Crippen molar-refractivity contribution in [1.82, 2.24) is 19.0 Å². The number of ether oxygens (including phenoxy) is 1. The molecular formula is C24H26N4O3. The van der Waals surface area contributed by atoms with Crippen molar-refractivity contribution in [2.24, 2.45) is 13.0 Å². The number of carbonyl (C=O) groups excluding carboxylic acids is 1. The standard InChI is InChI=1S/C24H26N4O3/c1-26-10-9-25-23(26)20-7-8-21-18-11-17(14-28(21)24(20)30)13-27(15-18)22(29)12-16-3-5-19(31-2)6-4-16/h3-10,17-18H,11-15H2,1-2H3/t17-,18+/m0/s1. The van der Waals surface area contributed by atoms with Gasteiger partial charge in [-0.1, -0.05) is 12.1 Å². The van der Waals surface area contributed by atoms with Crippen LogP contribution in [0.5, 0.6) is 5.75 Å².